The molecular weight excluding hydrogens is 305 g/mol. The number of halogens is 1. The average molecular weight is 327 g/mol. The normalized spacial score (nSPS) is 25.2. The van der Waals surface area contributed by atoms with E-state index in [-0.39, 0.29) is 6.61 Å². The maximum atomic E-state index is 15.2. The molecule has 3 unspecified atom stereocenters. The molecule has 0 aromatic heterocycles. The van der Waals surface area contributed by atoms with E-state index < -0.39 is 17.8 Å². The molecule has 0 radical (unpaired) electrons. The van der Waals surface area contributed by atoms with E-state index in [0.29, 0.717) is 13.0 Å². The number of carbonyl (C=O) groups excluding carboxylic acids is 1. The van der Waals surface area contributed by atoms with Gasteiger partial charge in [0.15, 0.2) is 0 Å². The Labute approximate surface area is 142 Å². The molecule has 3 atom stereocenters. The molecule has 0 aliphatic carbocycles. The number of alkyl halides is 1. The SMILES string of the molecule is CCOC(=O)C1(F)C(CCc2ccccc2)N1Cc1ccccc1. The second kappa shape index (κ2) is 7.14. The Morgan fingerprint density at radius 2 is 1.67 bits per heavy atom. The van der Waals surface area contributed by atoms with Crippen LogP contribution in [-0.2, 0) is 22.5 Å². The zero-order chi connectivity index (χ0) is 17.0. The Morgan fingerprint density at radius 1 is 1.08 bits per heavy atom. The van der Waals surface area contributed by atoms with Crippen molar-refractivity contribution in [2.24, 2.45) is 0 Å². The Balaban J connectivity index is 1.70. The van der Waals surface area contributed by atoms with Gasteiger partial charge >= 0.3 is 5.97 Å². The summed E-state index contributed by atoms with van der Waals surface area (Å²) in [4.78, 5) is 13.7. The molecule has 3 nitrogen and oxygen atoms in total. The monoisotopic (exact) mass is 327 g/mol. The molecule has 2 aromatic carbocycles. The largest absolute Gasteiger partial charge is 0.463 e. The molecular formula is C20H22FNO2. The third kappa shape index (κ3) is 3.34. The van der Waals surface area contributed by atoms with E-state index in [9.17, 15) is 4.79 Å². The third-order valence-electron chi connectivity index (χ3n) is 4.47. The molecule has 1 aliphatic rings. The van der Waals surface area contributed by atoms with Crippen LogP contribution in [0.15, 0.2) is 60.7 Å². The van der Waals surface area contributed by atoms with Gasteiger partial charge in [0.1, 0.15) is 0 Å². The van der Waals surface area contributed by atoms with E-state index in [0.717, 1.165) is 17.5 Å². The fraction of sp³-hybridized carbons (Fsp3) is 0.350. The van der Waals surface area contributed by atoms with Crippen LogP contribution in [-0.4, -0.2) is 29.3 Å². The van der Waals surface area contributed by atoms with Crippen LogP contribution in [0.5, 0.6) is 0 Å². The number of hydrogen-bond donors (Lipinski definition) is 0. The minimum absolute atomic E-state index is 0.190. The van der Waals surface area contributed by atoms with Crippen molar-refractivity contribution in [3.05, 3.63) is 71.8 Å². The maximum absolute atomic E-state index is 15.2. The second-order valence-corrected chi connectivity index (χ2v) is 6.05. The first-order valence-electron chi connectivity index (χ1n) is 8.37. The van der Waals surface area contributed by atoms with Crippen LogP contribution in [0.3, 0.4) is 0 Å². The topological polar surface area (TPSA) is 29.3 Å². The van der Waals surface area contributed by atoms with Crippen LogP contribution in [0.25, 0.3) is 0 Å². The highest BCUT2D eigenvalue weighted by Gasteiger charge is 2.70. The minimum Gasteiger partial charge on any atom is -0.463 e. The molecule has 1 saturated heterocycles. The van der Waals surface area contributed by atoms with Gasteiger partial charge in [-0.1, -0.05) is 60.7 Å². The van der Waals surface area contributed by atoms with Gasteiger partial charge < -0.3 is 4.74 Å². The van der Waals surface area contributed by atoms with Gasteiger partial charge in [0.05, 0.1) is 12.6 Å². The number of ether oxygens (including phenoxy) is 1. The molecule has 1 aliphatic heterocycles. The van der Waals surface area contributed by atoms with Gasteiger partial charge in [-0.05, 0) is 30.9 Å². The van der Waals surface area contributed by atoms with Crippen molar-refractivity contribution >= 4 is 5.97 Å². The van der Waals surface area contributed by atoms with Crippen LogP contribution >= 0.6 is 0 Å². The van der Waals surface area contributed by atoms with Gasteiger partial charge in [-0.2, -0.15) is 0 Å². The van der Waals surface area contributed by atoms with Gasteiger partial charge in [0.25, 0.3) is 5.79 Å². The van der Waals surface area contributed by atoms with Crippen molar-refractivity contribution in [1.82, 2.24) is 4.90 Å². The molecule has 0 saturated carbocycles. The lowest BCUT2D eigenvalue weighted by atomic mass is 10.1. The molecule has 0 N–H and O–H groups in total. The number of rotatable bonds is 7. The maximum Gasteiger partial charge on any atom is 0.361 e. The standard InChI is InChI=1S/C20H22FNO2/c1-2-24-19(23)20(21)18(14-13-16-9-5-3-6-10-16)22(20)15-17-11-7-4-8-12-17/h3-12,18H,2,13-15H2,1H3. The molecule has 24 heavy (non-hydrogen) atoms. The van der Waals surface area contributed by atoms with Crippen molar-refractivity contribution < 1.29 is 13.9 Å². The Bertz CT molecular complexity index is 677. The lowest BCUT2D eigenvalue weighted by Crippen LogP contribution is -2.28. The lowest BCUT2D eigenvalue weighted by Gasteiger charge is -2.08. The molecule has 0 amide bonds. The van der Waals surface area contributed by atoms with E-state index in [1.807, 2.05) is 60.7 Å². The van der Waals surface area contributed by atoms with E-state index in [2.05, 4.69) is 0 Å². The molecule has 1 heterocycles. The highest BCUT2D eigenvalue weighted by molar-refractivity contribution is 5.83. The minimum atomic E-state index is -2.00. The highest BCUT2D eigenvalue weighted by atomic mass is 19.2. The number of carbonyl (C=O) groups is 1. The average Bonchev–Trinajstić information content (AvgIpc) is 3.19. The summed E-state index contributed by atoms with van der Waals surface area (Å²) in [6.45, 7) is 2.30. The third-order valence-corrected chi connectivity index (χ3v) is 4.47. The smallest absolute Gasteiger partial charge is 0.361 e. The summed E-state index contributed by atoms with van der Waals surface area (Å²) in [6.07, 6.45) is 1.33. The van der Waals surface area contributed by atoms with Gasteiger partial charge in [0.2, 0.25) is 0 Å². The number of aryl methyl sites for hydroxylation is 1. The fourth-order valence-electron chi connectivity index (χ4n) is 3.16. The molecule has 0 spiro atoms. The first kappa shape index (κ1) is 16.7. The van der Waals surface area contributed by atoms with Crippen molar-refractivity contribution in [2.75, 3.05) is 6.61 Å². The Morgan fingerprint density at radius 3 is 2.25 bits per heavy atom. The van der Waals surface area contributed by atoms with E-state index in [1.54, 1.807) is 11.8 Å². The zero-order valence-corrected chi connectivity index (χ0v) is 13.8. The lowest BCUT2D eigenvalue weighted by molar-refractivity contribution is -0.153. The number of hydrogen-bond acceptors (Lipinski definition) is 3. The highest BCUT2D eigenvalue weighted by Crippen LogP contribution is 2.47. The molecule has 2 aromatic rings. The molecule has 0 bridgehead atoms. The number of esters is 1. The predicted octanol–water partition coefficient (Wildman–Crippen LogP) is 3.73. The Kier molecular flexibility index (Phi) is 4.95. The number of benzene rings is 2. The van der Waals surface area contributed by atoms with Crippen LogP contribution in [0.2, 0.25) is 0 Å². The van der Waals surface area contributed by atoms with E-state index >= 15 is 4.39 Å². The van der Waals surface area contributed by atoms with Crippen LogP contribution in [0, 0.1) is 0 Å². The summed E-state index contributed by atoms with van der Waals surface area (Å²) >= 11 is 0. The van der Waals surface area contributed by atoms with Crippen molar-refractivity contribution in [1.29, 1.82) is 0 Å². The van der Waals surface area contributed by atoms with Crippen molar-refractivity contribution in [2.45, 2.75) is 38.1 Å². The first-order valence-corrected chi connectivity index (χ1v) is 8.37. The van der Waals surface area contributed by atoms with Crippen LogP contribution in [0.4, 0.5) is 4.39 Å². The van der Waals surface area contributed by atoms with Crippen molar-refractivity contribution in [3.8, 4) is 0 Å². The summed E-state index contributed by atoms with van der Waals surface area (Å²) in [5.74, 6) is -2.76. The van der Waals surface area contributed by atoms with E-state index in [1.165, 1.54) is 0 Å². The Hall–Kier alpha value is -2.20. The van der Waals surface area contributed by atoms with Crippen molar-refractivity contribution in [3.63, 3.8) is 0 Å². The summed E-state index contributed by atoms with van der Waals surface area (Å²) in [6, 6.07) is 19.2. The summed E-state index contributed by atoms with van der Waals surface area (Å²) in [5.41, 5.74) is 2.14. The zero-order valence-electron chi connectivity index (χ0n) is 13.8. The van der Waals surface area contributed by atoms with Gasteiger partial charge in [-0.25, -0.2) is 14.1 Å². The fourth-order valence-corrected chi connectivity index (χ4v) is 3.16. The predicted molar refractivity (Wildman–Crippen MR) is 91.0 cm³/mol. The molecule has 126 valence electrons. The quantitative estimate of drug-likeness (QED) is 0.441. The van der Waals surface area contributed by atoms with Crippen LogP contribution < -0.4 is 0 Å². The molecule has 1 fully saturated rings. The van der Waals surface area contributed by atoms with Gasteiger partial charge in [-0.15, -0.1) is 0 Å². The number of nitrogens with zero attached hydrogens (tertiary/aromatic N) is 1. The molecule has 3 rings (SSSR count). The summed E-state index contributed by atoms with van der Waals surface area (Å²) in [7, 11) is 0. The summed E-state index contributed by atoms with van der Waals surface area (Å²) in [5, 5.41) is 0. The van der Waals surface area contributed by atoms with Gasteiger partial charge in [0, 0.05) is 6.54 Å². The van der Waals surface area contributed by atoms with Gasteiger partial charge in [-0.3, -0.25) is 0 Å². The van der Waals surface area contributed by atoms with E-state index in [4.69, 9.17) is 4.74 Å². The second-order valence-electron chi connectivity index (χ2n) is 6.05. The summed E-state index contributed by atoms with van der Waals surface area (Å²) < 4.78 is 20.2. The first-order chi connectivity index (χ1) is 11.7. The van der Waals surface area contributed by atoms with Crippen LogP contribution in [0.1, 0.15) is 24.5 Å². The molecule has 4 heteroatoms.